The summed E-state index contributed by atoms with van der Waals surface area (Å²) < 4.78 is 1.95. The first-order valence-corrected chi connectivity index (χ1v) is 6.75. The van der Waals surface area contributed by atoms with Crippen LogP contribution in [0.3, 0.4) is 0 Å². The second kappa shape index (κ2) is 7.09. The Kier molecular flexibility index (Phi) is 5.75. The molecule has 0 bridgehead atoms. The third kappa shape index (κ3) is 4.09. The van der Waals surface area contributed by atoms with Gasteiger partial charge in [-0.05, 0) is 39.3 Å². The van der Waals surface area contributed by atoms with Gasteiger partial charge in [-0.1, -0.05) is 19.8 Å². The summed E-state index contributed by atoms with van der Waals surface area (Å²) in [6.45, 7) is 8.84. The molecule has 1 unspecified atom stereocenters. The van der Waals surface area contributed by atoms with E-state index >= 15 is 0 Å². The van der Waals surface area contributed by atoms with Crippen LogP contribution in [0.1, 0.15) is 44.5 Å². The number of amides is 1. The van der Waals surface area contributed by atoms with Gasteiger partial charge in [-0.15, -0.1) is 0 Å². The van der Waals surface area contributed by atoms with E-state index in [4.69, 9.17) is 0 Å². The molecule has 0 fully saturated rings. The molecule has 102 valence electrons. The molecule has 1 heterocycles. The molecule has 0 aliphatic carbocycles. The summed E-state index contributed by atoms with van der Waals surface area (Å²) in [5, 5.41) is 2.95. The molecule has 1 atom stereocenters. The summed E-state index contributed by atoms with van der Waals surface area (Å²) in [4.78, 5) is 11.9. The van der Waals surface area contributed by atoms with Crippen molar-refractivity contribution >= 4 is 5.91 Å². The average molecular weight is 251 g/mol. The number of carbonyl (C=O) groups excluding carboxylic acids is 1. The van der Waals surface area contributed by atoms with Crippen LogP contribution in [0.25, 0.3) is 0 Å². The highest BCUT2D eigenvalue weighted by Crippen LogP contribution is 2.05. The van der Waals surface area contributed by atoms with Gasteiger partial charge in [-0.3, -0.25) is 9.47 Å². The number of nitrogens with one attached hydrogen (secondary N) is 2. The Hall–Kier alpha value is -1.45. The molecule has 0 spiro atoms. The first-order valence-electron chi connectivity index (χ1n) is 6.75. The molecular formula is C14H25N3O. The quantitative estimate of drug-likeness (QED) is 0.731. The Morgan fingerprint density at radius 1 is 1.28 bits per heavy atom. The first-order chi connectivity index (χ1) is 8.56. The zero-order chi connectivity index (χ0) is 13.5. The molecule has 0 saturated heterocycles. The lowest BCUT2D eigenvalue weighted by Crippen LogP contribution is -2.41. The predicted molar refractivity (Wildman–Crippen MR) is 75.3 cm³/mol. The van der Waals surface area contributed by atoms with E-state index < -0.39 is 0 Å². The Labute approximate surface area is 110 Å². The van der Waals surface area contributed by atoms with E-state index in [1.807, 2.05) is 37.6 Å². The van der Waals surface area contributed by atoms with Crippen LogP contribution in [-0.4, -0.2) is 23.2 Å². The standard InChI is InChI=1S/C14H25N3O/c1-5-6-7-10-15-14(18)13(4)16-17-11(2)8-9-12(17)3/h8-9,13,16H,5-7,10H2,1-4H3,(H,15,18). The van der Waals surface area contributed by atoms with Crippen molar-refractivity contribution in [1.82, 2.24) is 9.99 Å². The van der Waals surface area contributed by atoms with Crippen LogP contribution in [0, 0.1) is 13.8 Å². The molecular weight excluding hydrogens is 226 g/mol. The lowest BCUT2D eigenvalue weighted by Gasteiger charge is -2.19. The van der Waals surface area contributed by atoms with Gasteiger partial charge in [0.1, 0.15) is 6.04 Å². The van der Waals surface area contributed by atoms with Crippen molar-refractivity contribution in [3.8, 4) is 0 Å². The fourth-order valence-electron chi connectivity index (χ4n) is 1.86. The molecule has 1 aromatic rings. The highest BCUT2D eigenvalue weighted by atomic mass is 16.2. The highest BCUT2D eigenvalue weighted by Gasteiger charge is 2.13. The fourth-order valence-corrected chi connectivity index (χ4v) is 1.86. The summed E-state index contributed by atoms with van der Waals surface area (Å²) >= 11 is 0. The summed E-state index contributed by atoms with van der Waals surface area (Å²) in [7, 11) is 0. The zero-order valence-electron chi connectivity index (χ0n) is 11.9. The van der Waals surface area contributed by atoms with E-state index in [1.165, 1.54) is 6.42 Å². The van der Waals surface area contributed by atoms with Gasteiger partial charge in [0.25, 0.3) is 0 Å². The molecule has 1 amide bonds. The van der Waals surface area contributed by atoms with E-state index in [0.29, 0.717) is 0 Å². The van der Waals surface area contributed by atoms with Crippen LogP contribution in [0.4, 0.5) is 0 Å². The number of nitrogens with zero attached hydrogens (tertiary/aromatic N) is 1. The summed E-state index contributed by atoms with van der Waals surface area (Å²) in [6.07, 6.45) is 3.39. The lowest BCUT2D eigenvalue weighted by atomic mass is 10.2. The fraction of sp³-hybridized carbons (Fsp3) is 0.643. The monoisotopic (exact) mass is 251 g/mol. The third-order valence-corrected chi connectivity index (χ3v) is 3.07. The number of aromatic nitrogens is 1. The van der Waals surface area contributed by atoms with Crippen LogP contribution < -0.4 is 10.7 Å². The maximum absolute atomic E-state index is 11.9. The molecule has 0 aliphatic heterocycles. The lowest BCUT2D eigenvalue weighted by molar-refractivity contribution is -0.121. The smallest absolute Gasteiger partial charge is 0.243 e. The van der Waals surface area contributed by atoms with E-state index in [-0.39, 0.29) is 11.9 Å². The SMILES string of the molecule is CCCCCNC(=O)C(C)Nn1c(C)ccc1C. The molecule has 4 heteroatoms. The molecule has 0 aromatic carbocycles. The summed E-state index contributed by atoms with van der Waals surface area (Å²) in [5.41, 5.74) is 5.42. The number of carbonyl (C=O) groups is 1. The minimum atomic E-state index is -0.226. The number of hydrogen-bond donors (Lipinski definition) is 2. The maximum Gasteiger partial charge on any atom is 0.243 e. The van der Waals surface area contributed by atoms with E-state index in [9.17, 15) is 4.79 Å². The molecule has 2 N–H and O–H groups in total. The van der Waals surface area contributed by atoms with Gasteiger partial charge in [0.2, 0.25) is 5.91 Å². The molecule has 0 radical (unpaired) electrons. The molecule has 1 aromatic heterocycles. The summed E-state index contributed by atoms with van der Waals surface area (Å²) in [6, 6.07) is 3.85. The van der Waals surface area contributed by atoms with Crippen LogP contribution in [-0.2, 0) is 4.79 Å². The molecule has 0 saturated carbocycles. The van der Waals surface area contributed by atoms with E-state index in [2.05, 4.69) is 17.7 Å². The largest absolute Gasteiger partial charge is 0.354 e. The Balaban J connectivity index is 2.40. The van der Waals surface area contributed by atoms with Crippen LogP contribution in [0.5, 0.6) is 0 Å². The van der Waals surface area contributed by atoms with Crippen molar-refractivity contribution in [1.29, 1.82) is 0 Å². The van der Waals surface area contributed by atoms with E-state index in [1.54, 1.807) is 0 Å². The van der Waals surface area contributed by atoms with Gasteiger partial charge >= 0.3 is 0 Å². The molecule has 4 nitrogen and oxygen atoms in total. The summed E-state index contributed by atoms with van der Waals surface area (Å²) in [5.74, 6) is 0.0543. The third-order valence-electron chi connectivity index (χ3n) is 3.07. The topological polar surface area (TPSA) is 46.1 Å². The van der Waals surface area contributed by atoms with Crippen molar-refractivity contribution in [2.75, 3.05) is 12.0 Å². The second-order valence-corrected chi connectivity index (χ2v) is 4.80. The zero-order valence-corrected chi connectivity index (χ0v) is 11.9. The van der Waals surface area contributed by atoms with Crippen molar-refractivity contribution < 1.29 is 4.79 Å². The van der Waals surface area contributed by atoms with Crippen molar-refractivity contribution in [2.24, 2.45) is 0 Å². The van der Waals surface area contributed by atoms with Gasteiger partial charge in [-0.2, -0.15) is 0 Å². The van der Waals surface area contributed by atoms with Crippen LogP contribution in [0.2, 0.25) is 0 Å². The van der Waals surface area contributed by atoms with Gasteiger partial charge in [-0.25, -0.2) is 0 Å². The highest BCUT2D eigenvalue weighted by molar-refractivity contribution is 5.82. The van der Waals surface area contributed by atoms with E-state index in [0.717, 1.165) is 30.8 Å². The normalized spacial score (nSPS) is 12.2. The van der Waals surface area contributed by atoms with Gasteiger partial charge in [0.15, 0.2) is 0 Å². The van der Waals surface area contributed by atoms with Gasteiger partial charge < -0.3 is 10.7 Å². The molecule has 1 rings (SSSR count). The van der Waals surface area contributed by atoms with Crippen molar-refractivity contribution in [3.63, 3.8) is 0 Å². The van der Waals surface area contributed by atoms with Crippen molar-refractivity contribution in [2.45, 2.75) is 53.0 Å². The maximum atomic E-state index is 11.9. The first kappa shape index (κ1) is 14.6. The van der Waals surface area contributed by atoms with Gasteiger partial charge in [0.05, 0.1) is 0 Å². The number of hydrogen-bond acceptors (Lipinski definition) is 2. The minimum absolute atomic E-state index is 0.0543. The molecule has 18 heavy (non-hydrogen) atoms. The van der Waals surface area contributed by atoms with Gasteiger partial charge in [0, 0.05) is 17.9 Å². The number of aryl methyl sites for hydroxylation is 2. The average Bonchev–Trinajstić information content (AvgIpc) is 2.66. The Morgan fingerprint density at radius 3 is 2.44 bits per heavy atom. The van der Waals surface area contributed by atoms with Crippen LogP contribution in [0.15, 0.2) is 12.1 Å². The van der Waals surface area contributed by atoms with Crippen molar-refractivity contribution in [3.05, 3.63) is 23.5 Å². The second-order valence-electron chi connectivity index (χ2n) is 4.80. The predicted octanol–water partition coefficient (Wildman–Crippen LogP) is 2.34. The Bertz CT molecular complexity index is 365. The Morgan fingerprint density at radius 2 is 1.89 bits per heavy atom. The molecule has 0 aliphatic rings. The number of rotatable bonds is 7. The number of unbranched alkanes of at least 4 members (excludes halogenated alkanes) is 2. The van der Waals surface area contributed by atoms with Crippen LogP contribution >= 0.6 is 0 Å². The minimum Gasteiger partial charge on any atom is -0.354 e.